The van der Waals surface area contributed by atoms with Crippen molar-refractivity contribution < 1.29 is 69.8 Å². The largest absolute Gasteiger partial charge is 0.601 e. The van der Waals surface area contributed by atoms with Crippen LogP contribution in [0, 0.1) is 42.4 Å². The molecule has 128 valence electrons. The molecule has 7 unspecified atom stereocenters. The Hall–Kier alpha value is 1.09. The van der Waals surface area contributed by atoms with Gasteiger partial charge in [-0.1, -0.05) is 39.0 Å². The van der Waals surface area contributed by atoms with Crippen molar-refractivity contribution in [2.75, 3.05) is 0 Å². The van der Waals surface area contributed by atoms with E-state index in [-0.39, 0.29) is 77.0 Å². The molecule has 3 aliphatic rings. The van der Waals surface area contributed by atoms with E-state index < -0.39 is 5.63 Å². The standard InChI is InChI=1S/C19H26O3.2Y/c1-4-11-6-5-7-12-14-8-13(17(11)12)9(2)15(14)16-10(3)18(20)22-19(16)21;;/h9,11-15,17H,4-8H2,1-3H3;;/q-2;;. The Morgan fingerprint density at radius 1 is 1.08 bits per heavy atom. The maximum atomic E-state index is 12.2. The molecule has 0 aliphatic heterocycles. The van der Waals surface area contributed by atoms with Gasteiger partial charge in [0.25, 0.3) is 0 Å². The van der Waals surface area contributed by atoms with Crippen LogP contribution in [0.15, 0.2) is 14.0 Å². The van der Waals surface area contributed by atoms with E-state index in [1.807, 2.05) is 0 Å². The summed E-state index contributed by atoms with van der Waals surface area (Å²) in [6.45, 7) is 6.42. The summed E-state index contributed by atoms with van der Waals surface area (Å²) in [4.78, 5) is 23.9. The van der Waals surface area contributed by atoms with E-state index in [4.69, 9.17) is 4.42 Å². The summed E-state index contributed by atoms with van der Waals surface area (Å²) in [6.07, 6.45) is 6.60. The first kappa shape index (κ1) is 21.4. The van der Waals surface area contributed by atoms with Crippen molar-refractivity contribution in [1.29, 1.82) is 0 Å². The minimum atomic E-state index is -0.415. The van der Waals surface area contributed by atoms with Gasteiger partial charge in [-0.25, -0.2) is 0 Å². The van der Waals surface area contributed by atoms with Crippen LogP contribution in [-0.4, -0.2) is 0 Å². The fourth-order valence-corrected chi connectivity index (χ4v) is 6.62. The molecule has 3 saturated carbocycles. The van der Waals surface area contributed by atoms with Crippen molar-refractivity contribution in [1.82, 2.24) is 0 Å². The maximum absolute atomic E-state index is 12.2. The van der Waals surface area contributed by atoms with E-state index >= 15 is 0 Å². The van der Waals surface area contributed by atoms with Crippen molar-refractivity contribution >= 4 is 0 Å². The molecule has 1 aromatic rings. The number of rotatable bonds is 2. The normalized spacial score (nSPS) is 39.9. The molecule has 2 radical (unpaired) electrons. The molecule has 3 fully saturated rings. The van der Waals surface area contributed by atoms with E-state index in [1.165, 1.54) is 32.1 Å². The number of hydrogen-bond donors (Lipinski definition) is 0. The van der Waals surface area contributed by atoms with Crippen LogP contribution in [0.3, 0.4) is 0 Å². The van der Waals surface area contributed by atoms with Crippen molar-refractivity contribution in [2.24, 2.45) is 35.5 Å². The summed E-state index contributed by atoms with van der Waals surface area (Å²) >= 11 is 0. The zero-order valence-corrected chi connectivity index (χ0v) is 20.6. The van der Waals surface area contributed by atoms with Gasteiger partial charge in [0.1, 0.15) is 0 Å². The first-order chi connectivity index (χ1) is 10.5. The summed E-state index contributed by atoms with van der Waals surface area (Å²) < 4.78 is 4.88. The number of hydrogen-bond acceptors (Lipinski definition) is 3. The van der Waals surface area contributed by atoms with Gasteiger partial charge in [-0.3, -0.25) is 11.1 Å². The van der Waals surface area contributed by atoms with E-state index in [2.05, 4.69) is 13.8 Å². The molecular weight excluding hydrogens is 454 g/mol. The molecule has 0 amide bonds. The van der Waals surface area contributed by atoms with Gasteiger partial charge in [0, 0.05) is 65.4 Å². The van der Waals surface area contributed by atoms with Crippen molar-refractivity contribution in [3.8, 4) is 0 Å². The Morgan fingerprint density at radius 2 is 1.79 bits per heavy atom. The van der Waals surface area contributed by atoms with Crippen LogP contribution in [-0.2, 0) is 65.4 Å². The molecular formula is C19H26O3Y2-2. The van der Waals surface area contributed by atoms with Gasteiger partial charge in [-0.2, -0.15) is 0 Å². The molecule has 3 aliphatic carbocycles. The average Bonchev–Trinajstić information content (AvgIpc) is 3.11. The molecule has 0 spiro atoms. The van der Waals surface area contributed by atoms with Crippen molar-refractivity contribution in [3.63, 3.8) is 0 Å². The summed E-state index contributed by atoms with van der Waals surface area (Å²) in [5, 5.41) is 0. The predicted octanol–water partition coefficient (Wildman–Crippen LogP) is 3.55. The molecule has 7 atom stereocenters. The van der Waals surface area contributed by atoms with Gasteiger partial charge in [0.15, 0.2) is 0 Å². The van der Waals surface area contributed by atoms with Crippen molar-refractivity contribution in [2.45, 2.75) is 58.8 Å². The van der Waals surface area contributed by atoms with Crippen LogP contribution in [0.2, 0.25) is 0 Å². The third-order valence-electron chi connectivity index (χ3n) is 7.42. The number of furan rings is 1. The molecule has 1 heterocycles. The predicted molar refractivity (Wildman–Crippen MR) is 85.3 cm³/mol. The first-order valence-corrected chi connectivity index (χ1v) is 9.01. The smallest absolute Gasteiger partial charge is 0.0769 e. The molecule has 3 nitrogen and oxygen atoms in total. The molecule has 5 heteroatoms. The van der Waals surface area contributed by atoms with Crippen molar-refractivity contribution in [3.05, 3.63) is 32.0 Å². The summed E-state index contributed by atoms with van der Waals surface area (Å²) in [7, 11) is 0. The maximum Gasteiger partial charge on any atom is 0.0769 e. The van der Waals surface area contributed by atoms with Crippen LogP contribution in [0.4, 0.5) is 0 Å². The van der Waals surface area contributed by atoms with Gasteiger partial charge in [0.05, 0.1) is 11.3 Å². The quantitative estimate of drug-likeness (QED) is 0.609. The average molecular weight is 480 g/mol. The molecule has 0 saturated heterocycles. The van der Waals surface area contributed by atoms with E-state index in [9.17, 15) is 9.59 Å². The van der Waals surface area contributed by atoms with E-state index in [0.29, 0.717) is 17.4 Å². The second-order valence-corrected chi connectivity index (χ2v) is 8.00. The monoisotopic (exact) mass is 480 g/mol. The van der Waals surface area contributed by atoms with Gasteiger partial charge < -0.3 is 14.0 Å². The Bertz CT molecular complexity index is 684. The molecule has 4 rings (SSSR count). The van der Waals surface area contributed by atoms with Crippen LogP contribution in [0.25, 0.3) is 0 Å². The summed E-state index contributed by atoms with van der Waals surface area (Å²) in [6, 6.07) is 0. The zero-order valence-electron chi connectivity index (χ0n) is 15.0. The number of fused-ring (bicyclic) bond motifs is 5. The van der Waals surface area contributed by atoms with E-state index in [0.717, 1.165) is 29.2 Å². The van der Waals surface area contributed by atoms with Gasteiger partial charge in [0.2, 0.25) is 0 Å². The first-order valence-electron chi connectivity index (χ1n) is 9.01. The molecule has 24 heavy (non-hydrogen) atoms. The van der Waals surface area contributed by atoms with Crippen LogP contribution < -0.4 is 11.3 Å². The molecule has 0 aromatic carbocycles. The van der Waals surface area contributed by atoms with Gasteiger partial charge in [-0.05, 0) is 42.4 Å². The Balaban J connectivity index is 0.00000104. The van der Waals surface area contributed by atoms with Crippen LogP contribution in [0.1, 0.15) is 63.0 Å². The second kappa shape index (κ2) is 7.99. The topological polar surface area (TPSA) is 47.3 Å². The van der Waals surface area contributed by atoms with Gasteiger partial charge >= 0.3 is 0 Å². The Labute approximate surface area is 194 Å². The fourth-order valence-electron chi connectivity index (χ4n) is 6.62. The minimum Gasteiger partial charge on any atom is -0.601 e. The SMILES string of the molecule is CCC1CCCC2C3CC(C(C)C3[c-]3c(=O)oc(=O)[c-]3C)C12.[Y].[Y]. The Morgan fingerprint density at radius 3 is 2.38 bits per heavy atom. The molecule has 0 N–H and O–H groups in total. The molecule has 2 bridgehead atoms. The summed E-state index contributed by atoms with van der Waals surface area (Å²) in [5.41, 5.74) is 0.531. The van der Waals surface area contributed by atoms with E-state index in [1.54, 1.807) is 6.92 Å². The fraction of sp³-hybridized carbons (Fsp3) is 0.789. The molecule has 1 aromatic heterocycles. The second-order valence-electron chi connectivity index (χ2n) is 8.00. The third kappa shape index (κ3) is 3.02. The van der Waals surface area contributed by atoms with Crippen LogP contribution in [0.5, 0.6) is 0 Å². The summed E-state index contributed by atoms with van der Waals surface area (Å²) in [5.74, 6) is 4.64. The van der Waals surface area contributed by atoms with Gasteiger partial charge in [-0.15, -0.1) is 12.8 Å². The Kier molecular flexibility index (Phi) is 7.12. The zero-order chi connectivity index (χ0) is 15.6. The van der Waals surface area contributed by atoms with Crippen LogP contribution >= 0.6 is 0 Å². The third-order valence-corrected chi connectivity index (χ3v) is 7.42. The minimum absolute atomic E-state index is 0.